The van der Waals surface area contributed by atoms with E-state index in [0.717, 1.165) is 19.3 Å². The van der Waals surface area contributed by atoms with Crippen LogP contribution in [-0.4, -0.2) is 43.3 Å². The van der Waals surface area contributed by atoms with Crippen molar-refractivity contribution >= 4 is 15.7 Å². The molecular weight excluding hydrogens is 274 g/mol. The Labute approximate surface area is 121 Å². The third-order valence-corrected chi connectivity index (χ3v) is 7.87. The third-order valence-electron chi connectivity index (χ3n) is 5.61. The second-order valence-electron chi connectivity index (χ2n) is 7.30. The smallest absolute Gasteiger partial charge is 0.223 e. The lowest BCUT2D eigenvalue weighted by molar-refractivity contribution is -0.133. The van der Waals surface area contributed by atoms with Gasteiger partial charge in [-0.15, -0.1) is 0 Å². The summed E-state index contributed by atoms with van der Waals surface area (Å²) < 4.78 is 23.9. The number of fused-ring (bicyclic) bond motifs is 1. The molecule has 3 aliphatic rings. The molecule has 4 nitrogen and oxygen atoms in total. The van der Waals surface area contributed by atoms with E-state index in [1.165, 1.54) is 19.3 Å². The Balaban J connectivity index is 1.62. The Morgan fingerprint density at radius 1 is 1.20 bits per heavy atom. The van der Waals surface area contributed by atoms with Crippen LogP contribution in [0.25, 0.3) is 0 Å². The van der Waals surface area contributed by atoms with Crippen LogP contribution in [0.1, 0.15) is 51.9 Å². The molecule has 2 aliphatic heterocycles. The number of amides is 1. The maximum atomic E-state index is 12.5. The van der Waals surface area contributed by atoms with Gasteiger partial charge in [0.2, 0.25) is 5.91 Å². The zero-order valence-corrected chi connectivity index (χ0v) is 13.1. The van der Waals surface area contributed by atoms with E-state index in [-0.39, 0.29) is 22.5 Å². The van der Waals surface area contributed by atoms with E-state index >= 15 is 0 Å². The van der Waals surface area contributed by atoms with Gasteiger partial charge in [-0.05, 0) is 30.6 Å². The maximum absolute atomic E-state index is 12.5. The van der Waals surface area contributed by atoms with Crippen molar-refractivity contribution in [2.45, 2.75) is 57.1 Å². The molecule has 2 heterocycles. The van der Waals surface area contributed by atoms with Gasteiger partial charge in [-0.3, -0.25) is 4.79 Å². The quantitative estimate of drug-likeness (QED) is 0.783. The predicted molar refractivity (Wildman–Crippen MR) is 78.1 cm³/mol. The number of hydrogen-bond donors (Lipinski definition) is 0. The molecule has 0 spiro atoms. The number of rotatable bonds is 2. The molecule has 5 heteroatoms. The topological polar surface area (TPSA) is 54.5 Å². The number of carbonyl (C=O) groups is 1. The Morgan fingerprint density at radius 3 is 2.55 bits per heavy atom. The Kier molecular flexibility index (Phi) is 3.59. The van der Waals surface area contributed by atoms with Crippen LogP contribution in [-0.2, 0) is 14.6 Å². The van der Waals surface area contributed by atoms with E-state index in [2.05, 4.69) is 6.92 Å². The van der Waals surface area contributed by atoms with Crippen LogP contribution in [0.2, 0.25) is 0 Å². The lowest BCUT2D eigenvalue weighted by atomic mass is 9.73. The van der Waals surface area contributed by atoms with E-state index in [1.807, 2.05) is 4.90 Å². The predicted octanol–water partition coefficient (Wildman–Crippen LogP) is 1.99. The molecule has 2 saturated heterocycles. The molecule has 20 heavy (non-hydrogen) atoms. The van der Waals surface area contributed by atoms with Crippen molar-refractivity contribution in [1.82, 2.24) is 4.90 Å². The summed E-state index contributed by atoms with van der Waals surface area (Å²) in [7, 11) is -2.93. The van der Waals surface area contributed by atoms with Crippen molar-refractivity contribution in [3.8, 4) is 0 Å². The molecule has 114 valence electrons. The zero-order chi connectivity index (χ0) is 14.4. The Morgan fingerprint density at radius 2 is 1.90 bits per heavy atom. The van der Waals surface area contributed by atoms with Crippen LogP contribution >= 0.6 is 0 Å². The molecule has 2 atom stereocenters. The standard InChI is InChI=1S/C15H25NO3S/c1-15(6-3-2-4-7-15)9-14(17)16-10-12-5-8-20(18,19)13(12)11-16/h12-13H,2-11H2,1H3/t12-,13+/m0/s1. The van der Waals surface area contributed by atoms with Crippen LogP contribution < -0.4 is 0 Å². The number of sulfone groups is 1. The summed E-state index contributed by atoms with van der Waals surface area (Å²) in [6.07, 6.45) is 7.36. The average Bonchev–Trinajstić information content (AvgIpc) is 2.91. The van der Waals surface area contributed by atoms with E-state index < -0.39 is 9.84 Å². The minimum atomic E-state index is -2.93. The van der Waals surface area contributed by atoms with Gasteiger partial charge in [0.05, 0.1) is 11.0 Å². The first-order valence-electron chi connectivity index (χ1n) is 7.89. The van der Waals surface area contributed by atoms with Gasteiger partial charge < -0.3 is 4.90 Å². The molecule has 0 unspecified atom stereocenters. The molecule has 3 rings (SSSR count). The monoisotopic (exact) mass is 299 g/mol. The summed E-state index contributed by atoms with van der Waals surface area (Å²) in [6.45, 7) is 3.33. The highest BCUT2D eigenvalue weighted by Crippen LogP contribution is 2.40. The zero-order valence-electron chi connectivity index (χ0n) is 12.3. The van der Waals surface area contributed by atoms with Gasteiger partial charge in [0, 0.05) is 19.5 Å². The molecule has 0 bridgehead atoms. The molecule has 1 aliphatic carbocycles. The fourth-order valence-electron chi connectivity index (χ4n) is 4.26. The first kappa shape index (κ1) is 14.4. The van der Waals surface area contributed by atoms with Gasteiger partial charge in [-0.2, -0.15) is 0 Å². The summed E-state index contributed by atoms with van der Waals surface area (Å²) in [6, 6.07) is 0. The molecule has 0 N–H and O–H groups in total. The van der Waals surface area contributed by atoms with Crippen LogP contribution in [0.3, 0.4) is 0 Å². The summed E-state index contributed by atoms with van der Waals surface area (Å²) >= 11 is 0. The van der Waals surface area contributed by atoms with Gasteiger partial charge >= 0.3 is 0 Å². The first-order valence-corrected chi connectivity index (χ1v) is 9.61. The third kappa shape index (κ3) is 2.61. The van der Waals surface area contributed by atoms with E-state index in [4.69, 9.17) is 0 Å². The first-order chi connectivity index (χ1) is 9.40. The normalized spacial score (nSPS) is 35.0. The Bertz CT molecular complexity index is 493. The van der Waals surface area contributed by atoms with Crippen molar-refractivity contribution in [2.24, 2.45) is 11.3 Å². The van der Waals surface area contributed by atoms with Gasteiger partial charge in [-0.25, -0.2) is 8.42 Å². The van der Waals surface area contributed by atoms with Crippen molar-refractivity contribution in [1.29, 1.82) is 0 Å². The summed E-state index contributed by atoms with van der Waals surface area (Å²) in [4.78, 5) is 14.3. The van der Waals surface area contributed by atoms with Gasteiger partial charge in [-0.1, -0.05) is 26.2 Å². The Hall–Kier alpha value is -0.580. The summed E-state index contributed by atoms with van der Waals surface area (Å²) in [5, 5.41) is -0.273. The average molecular weight is 299 g/mol. The molecular formula is C15H25NO3S. The number of likely N-dealkylation sites (tertiary alicyclic amines) is 1. The molecule has 0 aromatic rings. The molecule has 1 saturated carbocycles. The molecule has 1 amide bonds. The van der Waals surface area contributed by atoms with Crippen molar-refractivity contribution in [2.75, 3.05) is 18.8 Å². The van der Waals surface area contributed by atoms with Gasteiger partial charge in [0.1, 0.15) is 0 Å². The SMILES string of the molecule is CC1(CC(=O)N2C[C@@H]3CCS(=O)(=O)[C@@H]3C2)CCCCC1. The second kappa shape index (κ2) is 5.00. The summed E-state index contributed by atoms with van der Waals surface area (Å²) in [5.74, 6) is 0.698. The fourth-order valence-corrected chi connectivity index (χ4v) is 6.40. The lowest BCUT2D eigenvalue weighted by Gasteiger charge is -2.34. The van der Waals surface area contributed by atoms with E-state index in [1.54, 1.807) is 0 Å². The van der Waals surface area contributed by atoms with E-state index in [9.17, 15) is 13.2 Å². The molecule has 3 fully saturated rings. The van der Waals surface area contributed by atoms with Crippen LogP contribution in [0.4, 0.5) is 0 Å². The van der Waals surface area contributed by atoms with Crippen LogP contribution in [0.15, 0.2) is 0 Å². The van der Waals surface area contributed by atoms with Gasteiger partial charge in [0.25, 0.3) is 0 Å². The number of nitrogens with zero attached hydrogens (tertiary/aromatic N) is 1. The van der Waals surface area contributed by atoms with Crippen molar-refractivity contribution in [3.63, 3.8) is 0 Å². The number of carbonyl (C=O) groups excluding carboxylic acids is 1. The second-order valence-corrected chi connectivity index (χ2v) is 9.64. The molecule has 0 radical (unpaired) electrons. The van der Waals surface area contributed by atoms with Crippen LogP contribution in [0, 0.1) is 11.3 Å². The van der Waals surface area contributed by atoms with Crippen molar-refractivity contribution < 1.29 is 13.2 Å². The highest BCUT2D eigenvalue weighted by Gasteiger charge is 2.47. The highest BCUT2D eigenvalue weighted by atomic mass is 32.2. The maximum Gasteiger partial charge on any atom is 0.223 e. The lowest BCUT2D eigenvalue weighted by Crippen LogP contribution is -2.36. The largest absolute Gasteiger partial charge is 0.341 e. The fraction of sp³-hybridized carbons (Fsp3) is 0.933. The molecule has 0 aromatic carbocycles. The molecule has 0 aromatic heterocycles. The van der Waals surface area contributed by atoms with Crippen LogP contribution in [0.5, 0.6) is 0 Å². The highest BCUT2D eigenvalue weighted by molar-refractivity contribution is 7.92. The van der Waals surface area contributed by atoms with Gasteiger partial charge in [0.15, 0.2) is 9.84 Å². The minimum Gasteiger partial charge on any atom is -0.341 e. The summed E-state index contributed by atoms with van der Waals surface area (Å²) in [5.41, 5.74) is 0.145. The number of hydrogen-bond acceptors (Lipinski definition) is 3. The minimum absolute atomic E-state index is 0.145. The van der Waals surface area contributed by atoms with Crippen molar-refractivity contribution in [3.05, 3.63) is 0 Å². The van der Waals surface area contributed by atoms with E-state index in [0.29, 0.717) is 25.3 Å².